The van der Waals surface area contributed by atoms with E-state index in [0.29, 0.717) is 11.3 Å². The van der Waals surface area contributed by atoms with Crippen LogP contribution in [0.25, 0.3) is 11.0 Å². The number of amides is 2. The number of nitrogens with zero attached hydrogens (tertiary/aromatic N) is 1. The molecule has 1 aromatic heterocycles. The molecule has 0 bridgehead atoms. The van der Waals surface area contributed by atoms with Gasteiger partial charge in [0.15, 0.2) is 5.58 Å². The van der Waals surface area contributed by atoms with Gasteiger partial charge in [-0.1, -0.05) is 17.3 Å². The molecule has 1 aromatic carbocycles. The molecule has 0 aliphatic carbocycles. The fraction of sp³-hybridized carbons (Fsp3) is 0.182. The first-order valence-electron chi connectivity index (χ1n) is 5.05. The summed E-state index contributed by atoms with van der Waals surface area (Å²) in [5, 5.41) is 6.99. The molecule has 2 amide bonds. The van der Waals surface area contributed by atoms with Crippen molar-refractivity contribution in [2.45, 2.75) is 6.42 Å². The standard InChI is InChI=1S/C11H11N3O3/c12-10(15)6-13-11(16)5-8-7-3-1-2-4-9(7)17-14-8/h1-4H,5-6H2,(H2,12,15)(H,13,16). The molecule has 0 fully saturated rings. The van der Waals surface area contributed by atoms with Gasteiger partial charge in [0.05, 0.1) is 13.0 Å². The summed E-state index contributed by atoms with van der Waals surface area (Å²) in [7, 11) is 0. The van der Waals surface area contributed by atoms with E-state index in [-0.39, 0.29) is 18.9 Å². The van der Waals surface area contributed by atoms with Crippen molar-refractivity contribution in [2.75, 3.05) is 6.54 Å². The number of primary amides is 1. The number of hydrogen-bond acceptors (Lipinski definition) is 4. The Morgan fingerprint density at radius 3 is 2.88 bits per heavy atom. The van der Waals surface area contributed by atoms with Gasteiger partial charge in [0.25, 0.3) is 0 Å². The minimum Gasteiger partial charge on any atom is -0.368 e. The first kappa shape index (κ1) is 11.1. The van der Waals surface area contributed by atoms with Gasteiger partial charge in [-0.25, -0.2) is 0 Å². The number of hydrogen-bond donors (Lipinski definition) is 2. The number of rotatable bonds is 4. The van der Waals surface area contributed by atoms with Gasteiger partial charge in [0.1, 0.15) is 5.69 Å². The summed E-state index contributed by atoms with van der Waals surface area (Å²) >= 11 is 0. The van der Waals surface area contributed by atoms with Crippen LogP contribution in [0.2, 0.25) is 0 Å². The lowest BCUT2D eigenvalue weighted by Crippen LogP contribution is -2.34. The Balaban J connectivity index is 2.08. The molecule has 0 spiro atoms. The maximum atomic E-state index is 11.5. The number of nitrogens with one attached hydrogen (secondary N) is 1. The Labute approximate surface area is 96.8 Å². The number of aromatic nitrogens is 1. The molecular formula is C11H11N3O3. The Morgan fingerprint density at radius 2 is 2.12 bits per heavy atom. The topological polar surface area (TPSA) is 98.2 Å². The smallest absolute Gasteiger partial charge is 0.236 e. The van der Waals surface area contributed by atoms with Crippen LogP contribution in [0, 0.1) is 0 Å². The Hall–Kier alpha value is -2.37. The lowest BCUT2D eigenvalue weighted by Gasteiger charge is -1.99. The zero-order chi connectivity index (χ0) is 12.3. The highest BCUT2D eigenvalue weighted by Crippen LogP contribution is 2.17. The largest absolute Gasteiger partial charge is 0.368 e. The van der Waals surface area contributed by atoms with Gasteiger partial charge in [-0.3, -0.25) is 9.59 Å². The van der Waals surface area contributed by atoms with Gasteiger partial charge in [-0.15, -0.1) is 0 Å². The van der Waals surface area contributed by atoms with E-state index < -0.39 is 5.91 Å². The molecule has 88 valence electrons. The van der Waals surface area contributed by atoms with E-state index in [4.69, 9.17) is 10.3 Å². The molecule has 0 unspecified atom stereocenters. The molecule has 0 aliphatic rings. The van der Waals surface area contributed by atoms with E-state index in [1.165, 1.54) is 0 Å². The van der Waals surface area contributed by atoms with E-state index >= 15 is 0 Å². The van der Waals surface area contributed by atoms with Crippen LogP contribution in [0.4, 0.5) is 0 Å². The summed E-state index contributed by atoms with van der Waals surface area (Å²) in [6.45, 7) is -0.172. The SMILES string of the molecule is NC(=O)CNC(=O)Cc1noc2ccccc12. The van der Waals surface area contributed by atoms with Crippen LogP contribution >= 0.6 is 0 Å². The fourth-order valence-corrected chi connectivity index (χ4v) is 1.47. The van der Waals surface area contributed by atoms with Crippen LogP contribution in [0.15, 0.2) is 28.8 Å². The van der Waals surface area contributed by atoms with Gasteiger partial charge < -0.3 is 15.6 Å². The summed E-state index contributed by atoms with van der Waals surface area (Å²) in [5.41, 5.74) is 6.09. The molecule has 0 aliphatic heterocycles. The molecule has 2 rings (SSSR count). The predicted molar refractivity (Wildman–Crippen MR) is 59.9 cm³/mol. The molecule has 6 heteroatoms. The van der Waals surface area contributed by atoms with Crippen molar-refractivity contribution in [1.82, 2.24) is 10.5 Å². The minimum atomic E-state index is -0.580. The van der Waals surface area contributed by atoms with E-state index in [1.807, 2.05) is 18.2 Å². The van der Waals surface area contributed by atoms with Crippen molar-refractivity contribution < 1.29 is 14.1 Å². The fourth-order valence-electron chi connectivity index (χ4n) is 1.47. The first-order chi connectivity index (χ1) is 8.16. The number of para-hydroxylation sites is 1. The lowest BCUT2D eigenvalue weighted by atomic mass is 10.1. The number of benzene rings is 1. The zero-order valence-electron chi connectivity index (χ0n) is 8.97. The quantitative estimate of drug-likeness (QED) is 0.774. The second kappa shape index (κ2) is 4.65. The third-order valence-electron chi connectivity index (χ3n) is 2.24. The van der Waals surface area contributed by atoms with Crippen molar-refractivity contribution in [1.29, 1.82) is 0 Å². The third kappa shape index (κ3) is 2.60. The average molecular weight is 233 g/mol. The van der Waals surface area contributed by atoms with Crippen molar-refractivity contribution in [3.63, 3.8) is 0 Å². The van der Waals surface area contributed by atoms with E-state index in [9.17, 15) is 9.59 Å². The molecule has 6 nitrogen and oxygen atoms in total. The van der Waals surface area contributed by atoms with Crippen molar-refractivity contribution in [3.05, 3.63) is 30.0 Å². The van der Waals surface area contributed by atoms with Crippen LogP contribution in [-0.2, 0) is 16.0 Å². The van der Waals surface area contributed by atoms with Gasteiger partial charge in [0, 0.05) is 5.39 Å². The second-order valence-corrected chi connectivity index (χ2v) is 3.55. The highest BCUT2D eigenvalue weighted by Gasteiger charge is 2.11. The molecule has 0 saturated carbocycles. The van der Waals surface area contributed by atoms with E-state index in [0.717, 1.165) is 5.39 Å². The van der Waals surface area contributed by atoms with Gasteiger partial charge in [0.2, 0.25) is 11.8 Å². The Bertz CT molecular complexity index is 562. The lowest BCUT2D eigenvalue weighted by molar-refractivity contribution is -0.124. The van der Waals surface area contributed by atoms with Gasteiger partial charge >= 0.3 is 0 Å². The molecule has 17 heavy (non-hydrogen) atoms. The predicted octanol–water partition coefficient (Wildman–Crippen LogP) is -0.0282. The van der Waals surface area contributed by atoms with Gasteiger partial charge in [-0.05, 0) is 12.1 Å². The number of carbonyl (C=O) groups excluding carboxylic acids is 2. The molecule has 2 aromatic rings. The van der Waals surface area contributed by atoms with Crippen LogP contribution < -0.4 is 11.1 Å². The molecule has 0 atom stereocenters. The summed E-state index contributed by atoms with van der Waals surface area (Å²) in [5.74, 6) is -0.897. The third-order valence-corrected chi connectivity index (χ3v) is 2.24. The van der Waals surface area contributed by atoms with E-state index in [1.54, 1.807) is 6.07 Å². The van der Waals surface area contributed by atoms with E-state index in [2.05, 4.69) is 10.5 Å². The monoisotopic (exact) mass is 233 g/mol. The van der Waals surface area contributed by atoms with Gasteiger partial charge in [-0.2, -0.15) is 0 Å². The molecular weight excluding hydrogens is 222 g/mol. The van der Waals surface area contributed by atoms with Crippen molar-refractivity contribution in [2.24, 2.45) is 5.73 Å². The molecule has 1 heterocycles. The summed E-state index contributed by atoms with van der Waals surface area (Å²) in [4.78, 5) is 21.9. The maximum Gasteiger partial charge on any atom is 0.236 e. The Morgan fingerprint density at radius 1 is 1.35 bits per heavy atom. The van der Waals surface area contributed by atoms with Crippen molar-refractivity contribution >= 4 is 22.8 Å². The molecule has 0 saturated heterocycles. The minimum absolute atomic E-state index is 0.0598. The maximum absolute atomic E-state index is 11.5. The van der Waals surface area contributed by atoms with Crippen molar-refractivity contribution in [3.8, 4) is 0 Å². The van der Waals surface area contributed by atoms with Crippen LogP contribution in [0.1, 0.15) is 5.69 Å². The normalized spacial score (nSPS) is 10.4. The summed E-state index contributed by atoms with van der Waals surface area (Å²) in [6.07, 6.45) is 0.0598. The summed E-state index contributed by atoms with van der Waals surface area (Å²) < 4.78 is 5.05. The highest BCUT2D eigenvalue weighted by atomic mass is 16.5. The highest BCUT2D eigenvalue weighted by molar-refractivity contribution is 5.88. The molecule has 0 radical (unpaired) electrons. The number of fused-ring (bicyclic) bond motifs is 1. The zero-order valence-corrected chi connectivity index (χ0v) is 8.97. The number of carbonyl (C=O) groups is 2. The summed E-state index contributed by atoms with van der Waals surface area (Å²) in [6, 6.07) is 7.25. The second-order valence-electron chi connectivity index (χ2n) is 3.55. The van der Waals surface area contributed by atoms with Crippen LogP contribution in [0.5, 0.6) is 0 Å². The molecule has 3 N–H and O–H groups in total. The number of nitrogens with two attached hydrogens (primary N) is 1. The Kier molecular flexibility index (Phi) is 3.04. The first-order valence-corrected chi connectivity index (χ1v) is 5.05. The van der Waals surface area contributed by atoms with Crippen LogP contribution in [-0.4, -0.2) is 23.5 Å². The van der Waals surface area contributed by atoms with Crippen LogP contribution in [0.3, 0.4) is 0 Å². The average Bonchev–Trinajstić information content (AvgIpc) is 2.70.